The minimum Gasteiger partial charge on any atom is -0.395 e. The molecule has 0 atom stereocenters. The van der Waals surface area contributed by atoms with Crippen LogP contribution in [0.15, 0.2) is 18.2 Å². The molecule has 0 aliphatic carbocycles. The van der Waals surface area contributed by atoms with Crippen LogP contribution in [-0.4, -0.2) is 35.2 Å². The Balaban J connectivity index is 2.07. The smallest absolute Gasteiger partial charge is 0.251 e. The number of aryl methyl sites for hydroxylation is 1. The number of benzene rings is 1. The fraction of sp³-hybridized carbons (Fsp3) is 0.471. The lowest BCUT2D eigenvalue weighted by molar-refractivity contribution is 0.0934. The molecule has 1 amide bonds. The Kier molecular flexibility index (Phi) is 6.16. The van der Waals surface area contributed by atoms with Gasteiger partial charge in [0.25, 0.3) is 5.91 Å². The summed E-state index contributed by atoms with van der Waals surface area (Å²) in [5.41, 5.74) is 2.52. The summed E-state index contributed by atoms with van der Waals surface area (Å²) in [5.74, 6) is 8.11. The molecule has 3 nitrogen and oxygen atoms in total. The highest BCUT2D eigenvalue weighted by Gasteiger charge is 2.17. The molecule has 2 rings (SSSR count). The molecule has 0 aromatic heterocycles. The van der Waals surface area contributed by atoms with E-state index in [-0.39, 0.29) is 12.5 Å². The molecule has 0 bridgehead atoms. The van der Waals surface area contributed by atoms with Crippen LogP contribution in [0.4, 0.5) is 0 Å². The second kappa shape index (κ2) is 8.11. The summed E-state index contributed by atoms with van der Waals surface area (Å²) in [4.78, 5) is 12.3. The summed E-state index contributed by atoms with van der Waals surface area (Å²) in [5, 5.41) is 11.9. The summed E-state index contributed by atoms with van der Waals surface area (Å²) in [7, 11) is 0. The van der Waals surface area contributed by atoms with Crippen molar-refractivity contribution in [3.63, 3.8) is 0 Å². The first-order valence-electron chi connectivity index (χ1n) is 7.29. The van der Waals surface area contributed by atoms with Gasteiger partial charge in [-0.2, -0.15) is 11.8 Å². The van der Waals surface area contributed by atoms with Gasteiger partial charge in [-0.25, -0.2) is 0 Å². The topological polar surface area (TPSA) is 49.3 Å². The number of aliphatic hydroxyl groups is 1. The van der Waals surface area contributed by atoms with Gasteiger partial charge in [-0.1, -0.05) is 11.8 Å². The molecule has 112 valence electrons. The Labute approximate surface area is 130 Å². The first kappa shape index (κ1) is 15.9. The van der Waals surface area contributed by atoms with Crippen LogP contribution in [0.5, 0.6) is 0 Å². The van der Waals surface area contributed by atoms with Crippen molar-refractivity contribution in [2.24, 2.45) is 0 Å². The van der Waals surface area contributed by atoms with Crippen LogP contribution < -0.4 is 5.32 Å². The maximum Gasteiger partial charge on any atom is 0.251 e. The standard InChI is InChI=1S/C17H21NO2S/c1-13-10-14(4-2-3-7-19)12-15(11-13)17(20)18-16-5-8-21-9-6-16/h10-12,16,19H,3,5-9H2,1H3,(H,18,20). The molecular weight excluding hydrogens is 282 g/mol. The van der Waals surface area contributed by atoms with Crippen molar-refractivity contribution in [2.45, 2.75) is 32.2 Å². The zero-order valence-electron chi connectivity index (χ0n) is 12.3. The van der Waals surface area contributed by atoms with Crippen LogP contribution in [0.25, 0.3) is 0 Å². The van der Waals surface area contributed by atoms with Crippen LogP contribution >= 0.6 is 11.8 Å². The number of amides is 1. The molecule has 1 aromatic carbocycles. The average Bonchev–Trinajstić information content (AvgIpc) is 2.48. The van der Waals surface area contributed by atoms with Gasteiger partial charge in [0.05, 0.1) is 6.61 Å². The quantitative estimate of drug-likeness (QED) is 0.843. The highest BCUT2D eigenvalue weighted by atomic mass is 32.2. The molecule has 0 spiro atoms. The highest BCUT2D eigenvalue weighted by Crippen LogP contribution is 2.17. The summed E-state index contributed by atoms with van der Waals surface area (Å²) in [6, 6.07) is 5.97. The number of aliphatic hydroxyl groups excluding tert-OH is 1. The predicted molar refractivity (Wildman–Crippen MR) is 87.6 cm³/mol. The summed E-state index contributed by atoms with van der Waals surface area (Å²) < 4.78 is 0. The monoisotopic (exact) mass is 303 g/mol. The van der Waals surface area contributed by atoms with Crippen molar-refractivity contribution in [1.82, 2.24) is 5.32 Å². The number of rotatable bonds is 3. The molecule has 1 aliphatic rings. The van der Waals surface area contributed by atoms with E-state index in [1.54, 1.807) is 0 Å². The number of carbonyl (C=O) groups is 1. The molecule has 4 heteroatoms. The normalized spacial score (nSPS) is 15.1. The molecule has 21 heavy (non-hydrogen) atoms. The Hall–Kier alpha value is -1.44. The molecule has 1 saturated heterocycles. The first-order valence-corrected chi connectivity index (χ1v) is 8.44. The highest BCUT2D eigenvalue weighted by molar-refractivity contribution is 7.99. The predicted octanol–water partition coefficient (Wildman–Crippen LogP) is 2.35. The minimum absolute atomic E-state index is 0.0131. The van der Waals surface area contributed by atoms with Gasteiger partial charge in [0.1, 0.15) is 0 Å². The van der Waals surface area contributed by atoms with Gasteiger partial charge >= 0.3 is 0 Å². The van der Waals surface area contributed by atoms with Crippen LogP contribution in [0.3, 0.4) is 0 Å². The number of nitrogens with one attached hydrogen (secondary N) is 1. The lowest BCUT2D eigenvalue weighted by Crippen LogP contribution is -2.37. The fourth-order valence-corrected chi connectivity index (χ4v) is 3.42. The Bertz CT molecular complexity index is 554. The van der Waals surface area contributed by atoms with Crippen molar-refractivity contribution in [2.75, 3.05) is 18.1 Å². The van der Waals surface area contributed by atoms with Gasteiger partial charge in [0.15, 0.2) is 0 Å². The van der Waals surface area contributed by atoms with E-state index in [0.29, 0.717) is 18.0 Å². The third-order valence-corrected chi connectivity index (χ3v) is 4.41. The SMILES string of the molecule is Cc1cc(C#CCCO)cc(C(=O)NC2CCSCC2)c1. The second-order valence-corrected chi connectivity index (χ2v) is 6.45. The number of hydrogen-bond acceptors (Lipinski definition) is 3. The summed E-state index contributed by atoms with van der Waals surface area (Å²) >= 11 is 1.95. The van der Waals surface area contributed by atoms with Crippen LogP contribution in [0, 0.1) is 18.8 Å². The van der Waals surface area contributed by atoms with Crippen molar-refractivity contribution in [3.8, 4) is 11.8 Å². The van der Waals surface area contributed by atoms with Gasteiger partial charge in [-0.05, 0) is 55.0 Å². The summed E-state index contributed by atoms with van der Waals surface area (Å²) in [6.45, 7) is 2.02. The fourth-order valence-electron chi connectivity index (χ4n) is 2.32. The molecular formula is C17H21NO2S. The van der Waals surface area contributed by atoms with Crippen LogP contribution in [0.1, 0.15) is 40.7 Å². The van der Waals surface area contributed by atoms with Gasteiger partial charge in [0.2, 0.25) is 0 Å². The van der Waals surface area contributed by atoms with E-state index in [0.717, 1.165) is 35.5 Å². The molecule has 2 N–H and O–H groups in total. The third kappa shape index (κ3) is 5.11. The summed E-state index contributed by atoms with van der Waals surface area (Å²) in [6.07, 6.45) is 2.55. The van der Waals surface area contributed by atoms with E-state index in [2.05, 4.69) is 17.2 Å². The Morgan fingerprint density at radius 3 is 2.86 bits per heavy atom. The molecule has 1 aliphatic heterocycles. The first-order chi connectivity index (χ1) is 10.2. The zero-order chi connectivity index (χ0) is 15.1. The van der Waals surface area contributed by atoms with Gasteiger partial charge in [-0.3, -0.25) is 4.79 Å². The maximum atomic E-state index is 12.3. The van der Waals surface area contributed by atoms with E-state index < -0.39 is 0 Å². The van der Waals surface area contributed by atoms with Crippen LogP contribution in [0.2, 0.25) is 0 Å². The van der Waals surface area contributed by atoms with Gasteiger partial charge in [0, 0.05) is 23.6 Å². The molecule has 0 unspecified atom stereocenters. The lowest BCUT2D eigenvalue weighted by atomic mass is 10.0. The minimum atomic E-state index is -0.0131. The Morgan fingerprint density at radius 2 is 2.14 bits per heavy atom. The van der Waals surface area contributed by atoms with E-state index in [4.69, 9.17) is 5.11 Å². The van der Waals surface area contributed by atoms with E-state index >= 15 is 0 Å². The Morgan fingerprint density at radius 1 is 1.38 bits per heavy atom. The lowest BCUT2D eigenvalue weighted by Gasteiger charge is -2.22. The molecule has 1 heterocycles. The zero-order valence-corrected chi connectivity index (χ0v) is 13.1. The third-order valence-electron chi connectivity index (χ3n) is 3.37. The van der Waals surface area contributed by atoms with Gasteiger partial charge in [-0.15, -0.1) is 0 Å². The number of carbonyl (C=O) groups excluding carboxylic acids is 1. The number of hydrogen-bond donors (Lipinski definition) is 2. The molecule has 1 fully saturated rings. The van der Waals surface area contributed by atoms with Gasteiger partial charge < -0.3 is 10.4 Å². The van der Waals surface area contributed by atoms with E-state index in [1.165, 1.54) is 0 Å². The van der Waals surface area contributed by atoms with Crippen LogP contribution in [-0.2, 0) is 0 Å². The van der Waals surface area contributed by atoms with Crippen molar-refractivity contribution in [3.05, 3.63) is 34.9 Å². The molecule has 0 radical (unpaired) electrons. The average molecular weight is 303 g/mol. The number of thioether (sulfide) groups is 1. The molecule has 1 aromatic rings. The molecule has 0 saturated carbocycles. The van der Waals surface area contributed by atoms with Crippen molar-refractivity contribution in [1.29, 1.82) is 0 Å². The van der Waals surface area contributed by atoms with Crippen molar-refractivity contribution < 1.29 is 9.90 Å². The largest absolute Gasteiger partial charge is 0.395 e. The van der Waals surface area contributed by atoms with E-state index in [9.17, 15) is 4.79 Å². The van der Waals surface area contributed by atoms with Crippen molar-refractivity contribution >= 4 is 17.7 Å². The second-order valence-electron chi connectivity index (χ2n) is 5.22. The van der Waals surface area contributed by atoms with E-state index in [1.807, 2.05) is 36.9 Å². The maximum absolute atomic E-state index is 12.3.